The van der Waals surface area contributed by atoms with Gasteiger partial charge in [0.1, 0.15) is 11.3 Å². The van der Waals surface area contributed by atoms with E-state index in [0.29, 0.717) is 5.92 Å². The van der Waals surface area contributed by atoms with Gasteiger partial charge in [0.15, 0.2) is 5.78 Å². The van der Waals surface area contributed by atoms with Crippen LogP contribution in [0.1, 0.15) is 113 Å². The molecule has 0 atom stereocenters. The molecule has 279 valence electrons. The summed E-state index contributed by atoms with van der Waals surface area (Å²) in [4.78, 5) is 17.1. The number of rotatable bonds is 10. The van der Waals surface area contributed by atoms with E-state index in [1.807, 2.05) is 54.0 Å². The SMILES string of the molecule is CC(C)Cc1coc2cc3sc4c(-c5[c-]c6ccccc6c(C(C)(C)C)c5)nccc4c3cc12.CCC(C)(CC)C(=O)/C=C(\O)C(C)(CC)CC.[Ir]. The summed E-state index contributed by atoms with van der Waals surface area (Å²) in [6, 6.07) is 21.2. The summed E-state index contributed by atoms with van der Waals surface area (Å²) in [5, 5.41) is 16.3. The number of ketones is 1. The summed E-state index contributed by atoms with van der Waals surface area (Å²) in [6.45, 7) is 23.4. The standard InChI is InChI=1S/C31H28NOS.C15H28O2.Ir/c1-18(2)12-21-17-33-27-16-28-25(15-24(21)27)23-10-11-32-29(30(23)34-28)20-13-19-8-6-7-9-22(19)26(14-20)31(3,4)5;1-7-14(5,8-2)12(16)11-13(17)15(6,9-3)10-4;/h6-11,14-18H,12H2,1-5H3;11,16H,7-10H2,1-6H3;/q-1;;/b;12-11-;. The number of hydrogen-bond acceptors (Lipinski definition) is 5. The van der Waals surface area contributed by atoms with Crippen LogP contribution in [-0.4, -0.2) is 15.9 Å². The molecule has 0 saturated carbocycles. The zero-order valence-corrected chi connectivity index (χ0v) is 36.1. The molecule has 6 aromatic rings. The molecular weight excluding hydrogens is 839 g/mol. The number of allylic oxidation sites excluding steroid dienone is 2. The molecular formula is C46H56IrNO3S-. The van der Waals surface area contributed by atoms with Crippen LogP contribution in [0.2, 0.25) is 0 Å². The molecule has 1 N–H and O–H groups in total. The fourth-order valence-corrected chi connectivity index (χ4v) is 7.94. The Morgan fingerprint density at radius 2 is 1.54 bits per heavy atom. The van der Waals surface area contributed by atoms with Gasteiger partial charge in [-0.05, 0) is 72.6 Å². The van der Waals surface area contributed by atoms with Crippen LogP contribution in [0, 0.1) is 22.8 Å². The minimum atomic E-state index is -0.337. The smallest absolute Gasteiger partial charge is 0.164 e. The molecule has 0 bridgehead atoms. The van der Waals surface area contributed by atoms with Crippen LogP contribution in [0.5, 0.6) is 0 Å². The molecule has 0 amide bonds. The number of furan rings is 1. The van der Waals surface area contributed by atoms with E-state index >= 15 is 0 Å². The average molecular weight is 895 g/mol. The van der Waals surface area contributed by atoms with E-state index in [1.54, 1.807) is 11.3 Å². The monoisotopic (exact) mass is 895 g/mol. The molecule has 4 nitrogen and oxygen atoms in total. The Balaban J connectivity index is 0.000000289. The maximum atomic E-state index is 12.2. The van der Waals surface area contributed by atoms with Gasteiger partial charge in [-0.3, -0.25) is 9.78 Å². The largest absolute Gasteiger partial charge is 0.512 e. The van der Waals surface area contributed by atoms with Crippen molar-refractivity contribution < 1.29 is 34.4 Å². The predicted molar refractivity (Wildman–Crippen MR) is 219 cm³/mol. The van der Waals surface area contributed by atoms with Gasteiger partial charge in [0.2, 0.25) is 0 Å². The molecule has 3 heterocycles. The predicted octanol–water partition coefficient (Wildman–Crippen LogP) is 14.0. The van der Waals surface area contributed by atoms with Gasteiger partial charge in [0.05, 0.1) is 6.26 Å². The molecule has 0 aliphatic heterocycles. The van der Waals surface area contributed by atoms with Crippen LogP contribution in [0.15, 0.2) is 77.2 Å². The van der Waals surface area contributed by atoms with Crippen molar-refractivity contribution in [3.05, 3.63) is 90.0 Å². The number of aromatic nitrogens is 1. The van der Waals surface area contributed by atoms with Gasteiger partial charge in [-0.15, -0.1) is 40.5 Å². The van der Waals surface area contributed by atoms with Crippen molar-refractivity contribution in [2.45, 2.75) is 114 Å². The van der Waals surface area contributed by atoms with Gasteiger partial charge in [0.25, 0.3) is 0 Å². The Labute approximate surface area is 328 Å². The third-order valence-electron chi connectivity index (χ3n) is 11.2. The first kappa shape index (κ1) is 41.4. The number of carbonyl (C=O) groups is 1. The minimum Gasteiger partial charge on any atom is -0.512 e. The molecule has 52 heavy (non-hydrogen) atoms. The Morgan fingerprint density at radius 3 is 2.15 bits per heavy atom. The molecule has 0 aliphatic rings. The van der Waals surface area contributed by atoms with Crippen molar-refractivity contribution in [3.8, 4) is 11.3 Å². The number of nitrogens with zero attached hydrogens (tertiary/aromatic N) is 1. The molecule has 0 spiro atoms. The van der Waals surface area contributed by atoms with E-state index in [1.165, 1.54) is 48.1 Å². The van der Waals surface area contributed by atoms with Gasteiger partial charge in [0, 0.05) is 69.1 Å². The molecule has 3 aromatic carbocycles. The summed E-state index contributed by atoms with van der Waals surface area (Å²) < 4.78 is 8.40. The zero-order chi connectivity index (χ0) is 37.3. The van der Waals surface area contributed by atoms with Crippen molar-refractivity contribution in [2.75, 3.05) is 0 Å². The van der Waals surface area contributed by atoms with Crippen molar-refractivity contribution in [3.63, 3.8) is 0 Å². The number of carbonyl (C=O) groups excluding carboxylic acids is 1. The van der Waals surface area contributed by atoms with Crippen LogP contribution in [-0.2, 0) is 36.7 Å². The van der Waals surface area contributed by atoms with E-state index in [-0.39, 0.29) is 47.9 Å². The summed E-state index contributed by atoms with van der Waals surface area (Å²) in [7, 11) is 0. The summed E-state index contributed by atoms with van der Waals surface area (Å²) in [6.07, 6.45) is 9.65. The summed E-state index contributed by atoms with van der Waals surface area (Å²) in [5.74, 6) is 0.876. The first-order valence-electron chi connectivity index (χ1n) is 18.7. The number of aliphatic hydroxyl groups is 1. The Morgan fingerprint density at radius 1 is 0.885 bits per heavy atom. The van der Waals surface area contributed by atoms with Gasteiger partial charge in [-0.25, -0.2) is 0 Å². The third-order valence-corrected chi connectivity index (χ3v) is 12.4. The van der Waals surface area contributed by atoms with E-state index in [0.717, 1.165) is 54.3 Å². The van der Waals surface area contributed by atoms with Gasteiger partial charge < -0.3 is 9.52 Å². The van der Waals surface area contributed by atoms with Crippen LogP contribution in [0.4, 0.5) is 0 Å². The van der Waals surface area contributed by atoms with E-state index in [4.69, 9.17) is 9.40 Å². The van der Waals surface area contributed by atoms with Crippen molar-refractivity contribution in [1.29, 1.82) is 0 Å². The van der Waals surface area contributed by atoms with Gasteiger partial charge >= 0.3 is 0 Å². The number of thiophene rings is 1. The van der Waals surface area contributed by atoms with Crippen LogP contribution >= 0.6 is 11.3 Å². The Kier molecular flexibility index (Phi) is 13.0. The first-order valence-corrected chi connectivity index (χ1v) is 19.5. The first-order chi connectivity index (χ1) is 24.1. The number of aliphatic hydroxyl groups excluding tert-OH is 1. The number of pyridine rings is 1. The molecule has 6 heteroatoms. The maximum Gasteiger partial charge on any atom is 0.164 e. The summed E-state index contributed by atoms with van der Waals surface area (Å²) >= 11 is 1.80. The number of benzene rings is 3. The molecule has 0 aliphatic carbocycles. The topological polar surface area (TPSA) is 63.3 Å². The van der Waals surface area contributed by atoms with E-state index in [2.05, 4.69) is 89.2 Å². The average Bonchev–Trinajstić information content (AvgIpc) is 3.68. The molecule has 3 aromatic heterocycles. The number of hydrogen-bond donors (Lipinski definition) is 1. The Hall–Kier alpha value is -3.31. The zero-order valence-electron chi connectivity index (χ0n) is 32.9. The van der Waals surface area contributed by atoms with Crippen molar-refractivity contribution in [1.82, 2.24) is 4.98 Å². The van der Waals surface area contributed by atoms with Crippen LogP contribution < -0.4 is 0 Å². The molecule has 6 rings (SSSR count). The summed E-state index contributed by atoms with van der Waals surface area (Å²) in [5.41, 5.74) is 5.07. The molecule has 1 radical (unpaired) electrons. The van der Waals surface area contributed by atoms with Crippen LogP contribution in [0.3, 0.4) is 0 Å². The van der Waals surface area contributed by atoms with E-state index in [9.17, 15) is 9.90 Å². The quantitative estimate of drug-likeness (QED) is 0.0845. The second kappa shape index (κ2) is 16.4. The van der Waals surface area contributed by atoms with Crippen molar-refractivity contribution in [2.24, 2.45) is 16.7 Å². The minimum absolute atomic E-state index is 0. The molecule has 0 saturated heterocycles. The van der Waals surface area contributed by atoms with E-state index < -0.39 is 0 Å². The molecule has 0 fully saturated rings. The van der Waals surface area contributed by atoms with Crippen molar-refractivity contribution >= 4 is 59.0 Å². The fourth-order valence-electron chi connectivity index (χ4n) is 6.73. The Bertz CT molecular complexity index is 2210. The fraction of sp³-hybridized carbons (Fsp3) is 0.435. The molecule has 0 unspecified atom stereocenters. The van der Waals surface area contributed by atoms with Crippen LogP contribution in [0.25, 0.3) is 53.2 Å². The second-order valence-electron chi connectivity index (χ2n) is 16.2. The third kappa shape index (κ3) is 8.25. The van der Waals surface area contributed by atoms with Gasteiger partial charge in [-0.1, -0.05) is 105 Å². The number of fused-ring (bicyclic) bond motifs is 5. The normalized spacial score (nSPS) is 12.8. The maximum absolute atomic E-state index is 12.2. The second-order valence-corrected chi connectivity index (χ2v) is 17.2. The van der Waals surface area contributed by atoms with Gasteiger partial charge in [-0.2, -0.15) is 0 Å².